The van der Waals surface area contributed by atoms with E-state index < -0.39 is 0 Å². The summed E-state index contributed by atoms with van der Waals surface area (Å²) in [7, 11) is 2.03. The van der Waals surface area contributed by atoms with Gasteiger partial charge in [0.15, 0.2) is 5.17 Å². The first-order chi connectivity index (χ1) is 7.67. The van der Waals surface area contributed by atoms with Gasteiger partial charge in [0.05, 0.1) is 0 Å². The second-order valence-corrected chi connectivity index (χ2v) is 4.47. The van der Waals surface area contributed by atoms with Crippen LogP contribution in [0.2, 0.25) is 5.15 Å². The number of thioether (sulfide) groups is 1. The van der Waals surface area contributed by atoms with E-state index in [2.05, 4.69) is 14.9 Å². The van der Waals surface area contributed by atoms with E-state index in [0.717, 1.165) is 23.8 Å². The van der Waals surface area contributed by atoms with E-state index >= 15 is 0 Å². The molecule has 5 heteroatoms. The highest BCUT2D eigenvalue weighted by molar-refractivity contribution is 8.13. The highest BCUT2D eigenvalue weighted by Gasteiger charge is 2.05. The van der Waals surface area contributed by atoms with Gasteiger partial charge in [-0.05, 0) is 24.8 Å². The van der Waals surface area contributed by atoms with Gasteiger partial charge in [-0.1, -0.05) is 29.4 Å². The first-order valence-corrected chi connectivity index (χ1v) is 6.67. The second-order valence-electron chi connectivity index (χ2n) is 3.31. The lowest BCUT2D eigenvalue weighted by molar-refractivity contribution is 0.508. The molecule has 0 aliphatic heterocycles. The molecule has 0 aromatic carbocycles. The third-order valence-corrected chi connectivity index (χ3v) is 3.04. The number of aliphatic imine (C=N–C) groups is 1. The van der Waals surface area contributed by atoms with Crippen molar-refractivity contribution in [2.45, 2.75) is 13.5 Å². The maximum Gasteiger partial charge on any atom is 0.158 e. The molecule has 1 rings (SSSR count). The van der Waals surface area contributed by atoms with E-state index in [4.69, 9.17) is 11.6 Å². The van der Waals surface area contributed by atoms with Crippen molar-refractivity contribution in [1.29, 1.82) is 0 Å². The van der Waals surface area contributed by atoms with Gasteiger partial charge in [0.1, 0.15) is 5.15 Å². The van der Waals surface area contributed by atoms with Gasteiger partial charge in [0, 0.05) is 26.3 Å². The van der Waals surface area contributed by atoms with Crippen molar-refractivity contribution in [2.75, 3.05) is 19.8 Å². The molecule has 0 spiro atoms. The summed E-state index contributed by atoms with van der Waals surface area (Å²) in [5.74, 6) is 0. The molecule has 88 valence electrons. The van der Waals surface area contributed by atoms with Crippen molar-refractivity contribution in [3.8, 4) is 0 Å². The number of hydrogen-bond acceptors (Lipinski definition) is 3. The second kappa shape index (κ2) is 6.76. The molecule has 0 aliphatic carbocycles. The molecule has 0 saturated heterocycles. The lowest BCUT2D eigenvalue weighted by atomic mass is 10.3. The Labute approximate surface area is 106 Å². The molecule has 1 aromatic heterocycles. The summed E-state index contributed by atoms with van der Waals surface area (Å²) < 4.78 is 0. The minimum atomic E-state index is 0.527. The number of halogens is 1. The standard InChI is InChI=1S/C11H16ClN3S/c1-4-13-11(16-3)15(2)8-9-5-6-10(12)14-7-9/h5-7H,4,8H2,1-3H3. The Morgan fingerprint density at radius 3 is 2.81 bits per heavy atom. The molecule has 0 radical (unpaired) electrons. The Balaban J connectivity index is 2.66. The van der Waals surface area contributed by atoms with Crippen LogP contribution in [-0.2, 0) is 6.54 Å². The Kier molecular flexibility index (Phi) is 5.63. The van der Waals surface area contributed by atoms with Crippen molar-refractivity contribution < 1.29 is 0 Å². The average molecular weight is 258 g/mol. The quantitative estimate of drug-likeness (QED) is 0.474. The number of rotatable bonds is 3. The first-order valence-electron chi connectivity index (χ1n) is 5.07. The summed E-state index contributed by atoms with van der Waals surface area (Å²) in [4.78, 5) is 10.6. The summed E-state index contributed by atoms with van der Waals surface area (Å²) >= 11 is 7.39. The van der Waals surface area contributed by atoms with Crippen LogP contribution in [-0.4, -0.2) is 34.9 Å². The normalized spacial score (nSPS) is 11.6. The van der Waals surface area contributed by atoms with Crippen LogP contribution in [0.3, 0.4) is 0 Å². The molecule has 0 bridgehead atoms. The van der Waals surface area contributed by atoms with Gasteiger partial charge in [0.2, 0.25) is 0 Å². The molecule has 1 heterocycles. The van der Waals surface area contributed by atoms with Crippen molar-refractivity contribution >= 4 is 28.5 Å². The van der Waals surface area contributed by atoms with Gasteiger partial charge in [-0.15, -0.1) is 0 Å². The smallest absolute Gasteiger partial charge is 0.158 e. The molecule has 0 unspecified atom stereocenters. The van der Waals surface area contributed by atoms with Gasteiger partial charge < -0.3 is 4.90 Å². The van der Waals surface area contributed by atoms with E-state index in [9.17, 15) is 0 Å². The van der Waals surface area contributed by atoms with Crippen LogP contribution in [0.5, 0.6) is 0 Å². The fourth-order valence-corrected chi connectivity index (χ4v) is 2.06. The summed E-state index contributed by atoms with van der Waals surface area (Å²) in [6.07, 6.45) is 3.83. The summed E-state index contributed by atoms with van der Waals surface area (Å²) in [5, 5.41) is 1.57. The monoisotopic (exact) mass is 257 g/mol. The number of amidine groups is 1. The van der Waals surface area contributed by atoms with Crippen LogP contribution < -0.4 is 0 Å². The number of pyridine rings is 1. The van der Waals surface area contributed by atoms with E-state index in [0.29, 0.717) is 5.15 Å². The van der Waals surface area contributed by atoms with Crippen molar-refractivity contribution in [2.24, 2.45) is 4.99 Å². The van der Waals surface area contributed by atoms with Crippen LogP contribution in [0.25, 0.3) is 0 Å². The topological polar surface area (TPSA) is 28.5 Å². The predicted octanol–water partition coefficient (Wildman–Crippen LogP) is 2.91. The molecular formula is C11H16ClN3S. The minimum Gasteiger partial charge on any atom is -0.350 e. The molecule has 0 amide bonds. The van der Waals surface area contributed by atoms with E-state index in [1.807, 2.05) is 26.3 Å². The molecule has 3 nitrogen and oxygen atoms in total. The zero-order valence-electron chi connectivity index (χ0n) is 9.77. The Morgan fingerprint density at radius 1 is 1.56 bits per heavy atom. The Hall–Kier alpha value is -0.740. The molecule has 0 N–H and O–H groups in total. The van der Waals surface area contributed by atoms with Crippen molar-refractivity contribution in [3.63, 3.8) is 0 Å². The maximum atomic E-state index is 5.74. The van der Waals surface area contributed by atoms with Crippen molar-refractivity contribution in [3.05, 3.63) is 29.0 Å². The fourth-order valence-electron chi connectivity index (χ4n) is 1.32. The average Bonchev–Trinajstić information content (AvgIpc) is 2.29. The van der Waals surface area contributed by atoms with Gasteiger partial charge in [-0.2, -0.15) is 0 Å². The van der Waals surface area contributed by atoms with Crippen LogP contribution in [0.15, 0.2) is 23.3 Å². The van der Waals surface area contributed by atoms with Crippen LogP contribution in [0.4, 0.5) is 0 Å². The maximum absolute atomic E-state index is 5.74. The fraction of sp³-hybridized carbons (Fsp3) is 0.455. The third-order valence-electron chi connectivity index (χ3n) is 2.01. The van der Waals surface area contributed by atoms with Gasteiger partial charge in [0.25, 0.3) is 0 Å². The summed E-state index contributed by atoms with van der Waals surface area (Å²) in [5.41, 5.74) is 1.13. The molecule has 0 fully saturated rings. The highest BCUT2D eigenvalue weighted by atomic mass is 35.5. The van der Waals surface area contributed by atoms with E-state index in [1.54, 1.807) is 24.0 Å². The first kappa shape index (κ1) is 13.3. The predicted molar refractivity (Wildman–Crippen MR) is 72.2 cm³/mol. The Morgan fingerprint density at radius 2 is 2.31 bits per heavy atom. The minimum absolute atomic E-state index is 0.527. The molecule has 0 aliphatic rings. The molecule has 1 aromatic rings. The zero-order chi connectivity index (χ0) is 12.0. The molecule has 0 saturated carbocycles. The number of aromatic nitrogens is 1. The van der Waals surface area contributed by atoms with Gasteiger partial charge in [-0.3, -0.25) is 4.99 Å². The highest BCUT2D eigenvalue weighted by Crippen LogP contribution is 2.10. The van der Waals surface area contributed by atoms with Crippen molar-refractivity contribution in [1.82, 2.24) is 9.88 Å². The van der Waals surface area contributed by atoms with Crippen LogP contribution in [0, 0.1) is 0 Å². The number of nitrogens with zero attached hydrogens (tertiary/aromatic N) is 3. The van der Waals surface area contributed by atoms with Crippen LogP contribution >= 0.6 is 23.4 Å². The largest absolute Gasteiger partial charge is 0.350 e. The third kappa shape index (κ3) is 4.02. The molecular weight excluding hydrogens is 242 g/mol. The molecule has 0 atom stereocenters. The van der Waals surface area contributed by atoms with E-state index in [-0.39, 0.29) is 0 Å². The molecule has 16 heavy (non-hydrogen) atoms. The van der Waals surface area contributed by atoms with E-state index in [1.165, 1.54) is 0 Å². The lowest BCUT2D eigenvalue weighted by Crippen LogP contribution is -2.23. The SMILES string of the molecule is CCN=C(SC)N(C)Cc1ccc(Cl)nc1. The van der Waals surface area contributed by atoms with Gasteiger partial charge >= 0.3 is 0 Å². The zero-order valence-corrected chi connectivity index (χ0v) is 11.3. The summed E-state index contributed by atoms with van der Waals surface area (Å²) in [6.45, 7) is 3.64. The van der Waals surface area contributed by atoms with Gasteiger partial charge in [-0.25, -0.2) is 4.98 Å². The summed E-state index contributed by atoms with van der Waals surface area (Å²) in [6, 6.07) is 3.79. The lowest BCUT2D eigenvalue weighted by Gasteiger charge is -2.19. The van der Waals surface area contributed by atoms with Crippen LogP contribution in [0.1, 0.15) is 12.5 Å². The number of hydrogen-bond donors (Lipinski definition) is 0. The Bertz CT molecular complexity index is 351.